The molecular weight excluding hydrogens is 360 g/mol. The SMILES string of the molecule is CS(=O)(=O)N1CCOc2cc(NS(=O)(=O)c3cccs3)ccc21. The zero-order chi connectivity index (χ0) is 16.7. The number of anilines is 2. The Bertz CT molecular complexity index is 921. The Morgan fingerprint density at radius 3 is 2.65 bits per heavy atom. The number of benzene rings is 1. The molecule has 0 aliphatic carbocycles. The van der Waals surface area contributed by atoms with Crippen LogP contribution in [0.25, 0.3) is 0 Å². The van der Waals surface area contributed by atoms with Gasteiger partial charge in [-0.3, -0.25) is 9.03 Å². The van der Waals surface area contributed by atoms with Crippen molar-refractivity contribution in [3.8, 4) is 5.75 Å². The fourth-order valence-electron chi connectivity index (χ4n) is 2.22. The van der Waals surface area contributed by atoms with Gasteiger partial charge in [-0.25, -0.2) is 16.8 Å². The molecule has 0 fully saturated rings. The normalized spacial score (nSPS) is 14.9. The van der Waals surface area contributed by atoms with Crippen LogP contribution in [-0.2, 0) is 20.0 Å². The molecule has 0 amide bonds. The summed E-state index contributed by atoms with van der Waals surface area (Å²) in [6.07, 6.45) is 1.12. The lowest BCUT2D eigenvalue weighted by atomic mass is 10.2. The highest BCUT2D eigenvalue weighted by atomic mass is 32.2. The lowest BCUT2D eigenvalue weighted by molar-refractivity contribution is 0.316. The number of sulfonamides is 2. The van der Waals surface area contributed by atoms with Crippen molar-refractivity contribution in [2.24, 2.45) is 0 Å². The molecule has 1 N–H and O–H groups in total. The molecule has 0 bridgehead atoms. The fraction of sp³-hybridized carbons (Fsp3) is 0.231. The van der Waals surface area contributed by atoms with Crippen LogP contribution in [0.5, 0.6) is 5.75 Å². The third-order valence-electron chi connectivity index (χ3n) is 3.19. The molecule has 3 rings (SSSR count). The summed E-state index contributed by atoms with van der Waals surface area (Å²) in [5.41, 5.74) is 0.713. The molecule has 1 aliphatic heterocycles. The number of hydrogen-bond acceptors (Lipinski definition) is 6. The molecule has 23 heavy (non-hydrogen) atoms. The van der Waals surface area contributed by atoms with Gasteiger partial charge in [0.2, 0.25) is 10.0 Å². The van der Waals surface area contributed by atoms with E-state index in [1.54, 1.807) is 11.4 Å². The molecule has 0 spiro atoms. The molecule has 0 atom stereocenters. The van der Waals surface area contributed by atoms with E-state index in [1.165, 1.54) is 28.6 Å². The maximum atomic E-state index is 12.2. The average molecular weight is 374 g/mol. The second-order valence-corrected chi connectivity index (χ2v) is 9.67. The summed E-state index contributed by atoms with van der Waals surface area (Å²) in [6.45, 7) is 0.438. The smallest absolute Gasteiger partial charge is 0.271 e. The molecule has 0 radical (unpaired) electrons. The van der Waals surface area contributed by atoms with Crippen molar-refractivity contribution in [1.29, 1.82) is 0 Å². The monoisotopic (exact) mass is 374 g/mol. The maximum absolute atomic E-state index is 12.2. The van der Waals surface area contributed by atoms with E-state index in [0.717, 1.165) is 17.6 Å². The minimum Gasteiger partial charge on any atom is -0.489 e. The van der Waals surface area contributed by atoms with Crippen LogP contribution in [0, 0.1) is 0 Å². The first-order valence-corrected chi connectivity index (χ1v) is 10.8. The van der Waals surface area contributed by atoms with Crippen molar-refractivity contribution in [1.82, 2.24) is 0 Å². The first-order chi connectivity index (χ1) is 10.8. The van der Waals surface area contributed by atoms with Crippen molar-refractivity contribution in [2.75, 3.05) is 28.4 Å². The van der Waals surface area contributed by atoms with Crippen molar-refractivity contribution >= 4 is 42.8 Å². The molecule has 7 nitrogen and oxygen atoms in total. The van der Waals surface area contributed by atoms with Crippen LogP contribution < -0.4 is 13.8 Å². The summed E-state index contributed by atoms with van der Waals surface area (Å²) >= 11 is 1.11. The molecule has 0 saturated carbocycles. The summed E-state index contributed by atoms with van der Waals surface area (Å²) in [5.74, 6) is 0.327. The predicted octanol–water partition coefficient (Wildman–Crippen LogP) is 1.71. The van der Waals surface area contributed by atoms with E-state index in [0.29, 0.717) is 17.1 Å². The van der Waals surface area contributed by atoms with Crippen LogP contribution in [-0.4, -0.2) is 36.2 Å². The van der Waals surface area contributed by atoms with Gasteiger partial charge in [0.25, 0.3) is 10.0 Å². The topological polar surface area (TPSA) is 92.8 Å². The van der Waals surface area contributed by atoms with Gasteiger partial charge in [-0.2, -0.15) is 0 Å². The van der Waals surface area contributed by atoms with Gasteiger partial charge in [-0.1, -0.05) is 6.07 Å². The average Bonchev–Trinajstić information content (AvgIpc) is 3.00. The summed E-state index contributed by atoms with van der Waals surface area (Å²) in [4.78, 5) is 0. The summed E-state index contributed by atoms with van der Waals surface area (Å²) in [5, 5.41) is 1.68. The summed E-state index contributed by atoms with van der Waals surface area (Å²) in [7, 11) is -7.06. The van der Waals surface area contributed by atoms with Gasteiger partial charge in [0, 0.05) is 6.07 Å². The zero-order valence-corrected chi connectivity index (χ0v) is 14.5. The maximum Gasteiger partial charge on any atom is 0.271 e. The second kappa shape index (κ2) is 5.69. The number of thiophene rings is 1. The van der Waals surface area contributed by atoms with Gasteiger partial charge >= 0.3 is 0 Å². The summed E-state index contributed by atoms with van der Waals surface area (Å²) in [6, 6.07) is 7.68. The Morgan fingerprint density at radius 1 is 1.22 bits per heavy atom. The predicted molar refractivity (Wildman–Crippen MR) is 89.3 cm³/mol. The third-order valence-corrected chi connectivity index (χ3v) is 7.15. The molecule has 10 heteroatoms. The van der Waals surface area contributed by atoms with E-state index >= 15 is 0 Å². The fourth-order valence-corrected chi connectivity index (χ4v) is 5.18. The highest BCUT2D eigenvalue weighted by molar-refractivity contribution is 7.94. The van der Waals surface area contributed by atoms with Gasteiger partial charge in [0.05, 0.1) is 24.2 Å². The second-order valence-electron chi connectivity index (χ2n) is 4.90. The highest BCUT2D eigenvalue weighted by Gasteiger charge is 2.26. The molecule has 1 aromatic carbocycles. The highest BCUT2D eigenvalue weighted by Crippen LogP contribution is 2.36. The van der Waals surface area contributed by atoms with Gasteiger partial charge in [-0.05, 0) is 23.6 Å². The van der Waals surface area contributed by atoms with Crippen molar-refractivity contribution in [3.63, 3.8) is 0 Å². The quantitative estimate of drug-likeness (QED) is 0.879. The minimum absolute atomic E-state index is 0.203. The molecule has 1 aromatic heterocycles. The van der Waals surface area contributed by atoms with Crippen LogP contribution in [0.2, 0.25) is 0 Å². The Balaban J connectivity index is 1.93. The number of nitrogens with one attached hydrogen (secondary N) is 1. The molecule has 2 heterocycles. The van der Waals surface area contributed by atoms with Crippen LogP contribution in [0.3, 0.4) is 0 Å². The first-order valence-electron chi connectivity index (χ1n) is 6.58. The first kappa shape index (κ1) is 16.1. The number of fused-ring (bicyclic) bond motifs is 1. The lowest BCUT2D eigenvalue weighted by Gasteiger charge is -2.29. The Kier molecular flexibility index (Phi) is 3.98. The van der Waals surface area contributed by atoms with E-state index in [4.69, 9.17) is 4.74 Å². The molecule has 1 aliphatic rings. The zero-order valence-electron chi connectivity index (χ0n) is 12.1. The summed E-state index contributed by atoms with van der Waals surface area (Å²) < 4.78 is 57.3. The van der Waals surface area contributed by atoms with Crippen LogP contribution >= 0.6 is 11.3 Å². The Morgan fingerprint density at radius 2 is 2.00 bits per heavy atom. The van der Waals surface area contributed by atoms with E-state index in [9.17, 15) is 16.8 Å². The lowest BCUT2D eigenvalue weighted by Crippen LogP contribution is -2.37. The van der Waals surface area contributed by atoms with Crippen molar-refractivity contribution in [3.05, 3.63) is 35.7 Å². The van der Waals surface area contributed by atoms with Crippen LogP contribution in [0.1, 0.15) is 0 Å². The standard InChI is InChI=1S/C13H14N2O5S3/c1-22(16,17)15-6-7-20-12-9-10(4-5-11(12)15)14-23(18,19)13-3-2-8-21-13/h2-5,8-9,14H,6-7H2,1H3. The molecule has 0 saturated heterocycles. The van der Waals surface area contributed by atoms with Crippen molar-refractivity contribution < 1.29 is 21.6 Å². The van der Waals surface area contributed by atoms with Gasteiger partial charge < -0.3 is 4.74 Å². The number of hydrogen-bond donors (Lipinski definition) is 1. The number of rotatable bonds is 4. The molecular formula is C13H14N2O5S3. The van der Waals surface area contributed by atoms with E-state index in [2.05, 4.69) is 4.72 Å². The molecule has 2 aromatic rings. The number of nitrogens with zero attached hydrogens (tertiary/aromatic N) is 1. The van der Waals surface area contributed by atoms with Crippen molar-refractivity contribution in [2.45, 2.75) is 4.21 Å². The van der Waals surface area contributed by atoms with Gasteiger partial charge in [0.15, 0.2) is 0 Å². The Hall–Kier alpha value is -1.78. The molecule has 0 unspecified atom stereocenters. The van der Waals surface area contributed by atoms with Crippen LogP contribution in [0.15, 0.2) is 39.9 Å². The number of ether oxygens (including phenoxy) is 1. The molecule has 124 valence electrons. The van der Waals surface area contributed by atoms with Gasteiger partial charge in [0.1, 0.15) is 16.6 Å². The van der Waals surface area contributed by atoms with E-state index < -0.39 is 20.0 Å². The largest absolute Gasteiger partial charge is 0.489 e. The van der Waals surface area contributed by atoms with E-state index in [1.807, 2.05) is 0 Å². The van der Waals surface area contributed by atoms with Gasteiger partial charge in [-0.15, -0.1) is 11.3 Å². The van der Waals surface area contributed by atoms with Crippen LogP contribution in [0.4, 0.5) is 11.4 Å². The minimum atomic E-state index is -3.66. The Labute approximate surface area is 138 Å². The van der Waals surface area contributed by atoms with E-state index in [-0.39, 0.29) is 17.4 Å². The third kappa shape index (κ3) is 3.28.